The van der Waals surface area contributed by atoms with Gasteiger partial charge in [0.15, 0.2) is 0 Å². The van der Waals surface area contributed by atoms with E-state index in [0.717, 1.165) is 34.9 Å². The van der Waals surface area contributed by atoms with Crippen molar-refractivity contribution in [2.75, 3.05) is 4.90 Å². The third kappa shape index (κ3) is 3.55. The van der Waals surface area contributed by atoms with Gasteiger partial charge in [-0.25, -0.2) is 4.90 Å². The Bertz CT molecular complexity index is 1120. The van der Waals surface area contributed by atoms with Crippen molar-refractivity contribution >= 4 is 35.0 Å². The number of rotatable bonds is 5. The Morgan fingerprint density at radius 3 is 2.66 bits per heavy atom. The summed E-state index contributed by atoms with van der Waals surface area (Å²) >= 11 is 0.926. The number of imide groups is 1. The first-order valence-corrected chi connectivity index (χ1v) is 9.22. The number of anilines is 1. The van der Waals surface area contributed by atoms with E-state index >= 15 is 0 Å². The minimum absolute atomic E-state index is 0.00159. The van der Waals surface area contributed by atoms with Crippen molar-refractivity contribution in [2.24, 2.45) is 0 Å². The molecule has 2 heterocycles. The number of carbonyl (C=O) groups is 2. The van der Waals surface area contributed by atoms with Crippen LogP contribution >= 0.6 is 11.8 Å². The van der Waals surface area contributed by atoms with Crippen molar-refractivity contribution < 1.29 is 24.0 Å². The van der Waals surface area contributed by atoms with Gasteiger partial charge in [0.25, 0.3) is 16.8 Å². The second-order valence-corrected chi connectivity index (χ2v) is 7.20. The summed E-state index contributed by atoms with van der Waals surface area (Å²) in [7, 11) is 0. The summed E-state index contributed by atoms with van der Waals surface area (Å²) < 4.78 is 5.45. The van der Waals surface area contributed by atoms with Gasteiger partial charge in [-0.2, -0.15) is 0 Å². The van der Waals surface area contributed by atoms with E-state index in [9.17, 15) is 24.8 Å². The predicted molar refractivity (Wildman–Crippen MR) is 101 cm³/mol. The van der Waals surface area contributed by atoms with Gasteiger partial charge in [0.1, 0.15) is 11.0 Å². The van der Waals surface area contributed by atoms with Gasteiger partial charge in [0, 0.05) is 18.6 Å². The van der Waals surface area contributed by atoms with Gasteiger partial charge < -0.3 is 9.52 Å². The van der Waals surface area contributed by atoms with E-state index < -0.39 is 16.1 Å². The Labute approximate surface area is 167 Å². The molecule has 0 bridgehead atoms. The highest BCUT2D eigenvalue weighted by Gasteiger charge is 2.41. The van der Waals surface area contributed by atoms with Crippen molar-refractivity contribution in [1.29, 1.82) is 0 Å². The molecule has 1 aromatic heterocycles. The largest absolute Gasteiger partial charge is 0.507 e. The van der Waals surface area contributed by atoms with Gasteiger partial charge in [-0.15, -0.1) is 10.2 Å². The van der Waals surface area contributed by atoms with Crippen molar-refractivity contribution in [1.82, 2.24) is 10.2 Å². The molecule has 29 heavy (non-hydrogen) atoms. The zero-order chi connectivity index (χ0) is 20.5. The molecule has 3 aromatic rings. The van der Waals surface area contributed by atoms with Crippen LogP contribution in [-0.2, 0) is 9.59 Å². The van der Waals surface area contributed by atoms with Crippen LogP contribution in [0.4, 0.5) is 11.4 Å². The number of phenols is 1. The molecule has 0 radical (unpaired) electrons. The SMILES string of the molecule is O=C1CC(Sc2nnc(-c3cc([N+](=O)[O-])ccc3O)o2)C(=O)N1c1ccccc1. The standard InChI is InChI=1S/C18H12N4O6S/c23-13-7-6-11(22(26)27)8-12(13)16-19-20-18(28-16)29-14-9-15(24)21(17(14)25)10-4-2-1-3-5-10/h1-8,14,23H,9H2. The van der Waals surface area contributed by atoms with E-state index in [1.54, 1.807) is 30.3 Å². The van der Waals surface area contributed by atoms with Crippen LogP contribution in [0.1, 0.15) is 6.42 Å². The molecular formula is C18H12N4O6S. The number of aromatic nitrogens is 2. The average molecular weight is 412 g/mol. The van der Waals surface area contributed by atoms with E-state index in [4.69, 9.17) is 4.42 Å². The van der Waals surface area contributed by atoms with E-state index in [1.807, 2.05) is 0 Å². The zero-order valence-corrected chi connectivity index (χ0v) is 15.4. The normalized spacial score (nSPS) is 16.4. The lowest BCUT2D eigenvalue weighted by Crippen LogP contribution is -2.30. The molecule has 1 aliphatic rings. The van der Waals surface area contributed by atoms with E-state index in [1.165, 1.54) is 0 Å². The molecule has 1 saturated heterocycles. The molecule has 1 aliphatic heterocycles. The first-order valence-electron chi connectivity index (χ1n) is 8.34. The first-order chi connectivity index (χ1) is 13.9. The first kappa shape index (κ1) is 18.6. The highest BCUT2D eigenvalue weighted by Crippen LogP contribution is 2.36. The third-order valence-corrected chi connectivity index (χ3v) is 5.21. The number of para-hydroxylation sites is 1. The molecule has 0 spiro atoms. The quantitative estimate of drug-likeness (QED) is 0.380. The number of carbonyl (C=O) groups excluding carboxylic acids is 2. The van der Waals surface area contributed by atoms with Gasteiger partial charge >= 0.3 is 0 Å². The summed E-state index contributed by atoms with van der Waals surface area (Å²) in [6, 6.07) is 12.0. The Morgan fingerprint density at radius 2 is 1.93 bits per heavy atom. The maximum absolute atomic E-state index is 12.7. The minimum Gasteiger partial charge on any atom is -0.507 e. The second kappa shape index (κ2) is 7.36. The molecule has 11 heteroatoms. The highest BCUT2D eigenvalue weighted by molar-refractivity contribution is 8.00. The van der Waals surface area contributed by atoms with Gasteiger partial charge in [-0.05, 0) is 18.2 Å². The van der Waals surface area contributed by atoms with Crippen LogP contribution in [0.15, 0.2) is 58.2 Å². The molecule has 0 aliphatic carbocycles. The number of nitro groups is 1. The van der Waals surface area contributed by atoms with Crippen LogP contribution in [0.25, 0.3) is 11.5 Å². The lowest BCUT2D eigenvalue weighted by Gasteiger charge is -2.13. The number of benzene rings is 2. The third-order valence-electron chi connectivity index (χ3n) is 4.19. The van der Waals surface area contributed by atoms with Crippen molar-refractivity contribution in [3.63, 3.8) is 0 Å². The molecule has 0 saturated carbocycles. The molecule has 2 amide bonds. The van der Waals surface area contributed by atoms with Crippen molar-refractivity contribution in [3.05, 3.63) is 58.6 Å². The smallest absolute Gasteiger partial charge is 0.277 e. The van der Waals surface area contributed by atoms with Crippen LogP contribution in [0, 0.1) is 10.1 Å². The average Bonchev–Trinajstić information content (AvgIpc) is 3.27. The van der Waals surface area contributed by atoms with Crippen LogP contribution in [-0.4, -0.2) is 37.3 Å². The molecule has 1 fully saturated rings. The minimum atomic E-state index is -0.741. The number of phenolic OH excluding ortho intramolecular Hbond substituents is 1. The van der Waals surface area contributed by atoms with E-state index in [-0.39, 0.29) is 40.4 Å². The van der Waals surface area contributed by atoms with Crippen LogP contribution in [0.2, 0.25) is 0 Å². The van der Waals surface area contributed by atoms with Crippen molar-refractivity contribution in [2.45, 2.75) is 16.9 Å². The lowest BCUT2D eigenvalue weighted by molar-refractivity contribution is -0.384. The second-order valence-electron chi connectivity index (χ2n) is 6.05. The van der Waals surface area contributed by atoms with Crippen LogP contribution in [0.3, 0.4) is 0 Å². The lowest BCUT2D eigenvalue weighted by atomic mass is 10.2. The number of thioether (sulfide) groups is 1. The van der Waals surface area contributed by atoms with Crippen LogP contribution in [0.5, 0.6) is 5.75 Å². The Morgan fingerprint density at radius 1 is 1.17 bits per heavy atom. The predicted octanol–water partition coefficient (Wildman–Crippen LogP) is 2.77. The summed E-state index contributed by atoms with van der Waals surface area (Å²) in [6.07, 6.45) is -0.0296. The van der Waals surface area contributed by atoms with Crippen LogP contribution < -0.4 is 4.90 Å². The number of nitro benzene ring substituents is 1. The number of hydrogen-bond acceptors (Lipinski definition) is 9. The Balaban J connectivity index is 1.55. The molecule has 10 nitrogen and oxygen atoms in total. The topological polar surface area (TPSA) is 140 Å². The molecule has 1 atom stereocenters. The van der Waals surface area contributed by atoms with Gasteiger partial charge in [-0.3, -0.25) is 19.7 Å². The van der Waals surface area contributed by atoms with E-state index in [2.05, 4.69) is 10.2 Å². The fraction of sp³-hybridized carbons (Fsp3) is 0.111. The summed E-state index contributed by atoms with van der Waals surface area (Å²) in [5, 5.41) is 27.7. The zero-order valence-electron chi connectivity index (χ0n) is 14.6. The highest BCUT2D eigenvalue weighted by atomic mass is 32.2. The summed E-state index contributed by atoms with van der Waals surface area (Å²) in [5.41, 5.74) is 0.233. The molecule has 146 valence electrons. The molecular weight excluding hydrogens is 400 g/mol. The fourth-order valence-corrected chi connectivity index (χ4v) is 3.73. The maximum Gasteiger partial charge on any atom is 0.277 e. The Hall–Kier alpha value is -3.73. The molecule has 1 unspecified atom stereocenters. The van der Waals surface area contributed by atoms with Gasteiger partial charge in [-0.1, -0.05) is 30.0 Å². The summed E-state index contributed by atoms with van der Waals surface area (Å²) in [6.45, 7) is 0. The Kier molecular flexibility index (Phi) is 4.72. The van der Waals surface area contributed by atoms with Gasteiger partial charge in [0.05, 0.1) is 16.2 Å². The maximum atomic E-state index is 12.7. The molecule has 4 rings (SSSR count). The fourth-order valence-electron chi connectivity index (χ4n) is 2.84. The number of hydrogen-bond donors (Lipinski definition) is 1. The monoisotopic (exact) mass is 412 g/mol. The van der Waals surface area contributed by atoms with Crippen molar-refractivity contribution in [3.8, 4) is 17.2 Å². The number of aromatic hydroxyl groups is 1. The van der Waals surface area contributed by atoms with Gasteiger partial charge in [0.2, 0.25) is 11.8 Å². The van der Waals surface area contributed by atoms with E-state index in [0.29, 0.717) is 5.69 Å². The summed E-state index contributed by atoms with van der Waals surface area (Å²) in [4.78, 5) is 36.4. The number of amides is 2. The molecule has 1 N–H and O–H groups in total. The summed E-state index contributed by atoms with van der Waals surface area (Å²) in [5.74, 6) is -1.14. The molecule has 2 aromatic carbocycles. The number of non-ortho nitro benzene ring substituents is 1. The number of nitrogens with zero attached hydrogens (tertiary/aromatic N) is 4.